The minimum absolute atomic E-state index is 0.0318. The normalized spacial score (nSPS) is 24.4. The van der Waals surface area contributed by atoms with E-state index in [0.717, 1.165) is 16.8 Å². The van der Waals surface area contributed by atoms with Crippen molar-refractivity contribution in [3.63, 3.8) is 0 Å². The summed E-state index contributed by atoms with van der Waals surface area (Å²) in [4.78, 5) is 8.79. The van der Waals surface area contributed by atoms with Crippen LogP contribution in [0.25, 0.3) is 0 Å². The van der Waals surface area contributed by atoms with Crippen LogP contribution in [0.5, 0.6) is 0 Å². The van der Waals surface area contributed by atoms with Crippen LogP contribution < -0.4 is 5.73 Å². The molecule has 3 N–H and O–H groups in total. The summed E-state index contributed by atoms with van der Waals surface area (Å²) in [6.07, 6.45) is 5.02. The van der Waals surface area contributed by atoms with Crippen molar-refractivity contribution in [1.29, 1.82) is 0 Å². The molecule has 1 aliphatic rings. The van der Waals surface area contributed by atoms with Crippen molar-refractivity contribution in [3.05, 3.63) is 17.5 Å². The van der Waals surface area contributed by atoms with E-state index in [1.165, 1.54) is 25.7 Å². The van der Waals surface area contributed by atoms with E-state index in [9.17, 15) is 0 Å². The number of rotatable bonds is 3. The molecule has 1 aromatic rings. The highest BCUT2D eigenvalue weighted by atomic mass is 32.2. The van der Waals surface area contributed by atoms with Crippen molar-refractivity contribution in [3.8, 4) is 0 Å². The fraction of sp³-hybridized carbons (Fsp3) is 0.615. The lowest BCUT2D eigenvalue weighted by atomic mass is 9.91. The van der Waals surface area contributed by atoms with Crippen molar-refractivity contribution in [2.24, 2.45) is 16.8 Å². The predicted octanol–water partition coefficient (Wildman–Crippen LogP) is 2.55. The van der Waals surface area contributed by atoms with Gasteiger partial charge in [0.25, 0.3) is 0 Å². The Balaban J connectivity index is 2.13. The Morgan fingerprint density at radius 2 is 2.26 bits per heavy atom. The fourth-order valence-corrected chi connectivity index (χ4v) is 3.77. The van der Waals surface area contributed by atoms with E-state index in [0.29, 0.717) is 10.9 Å². The lowest BCUT2D eigenvalue weighted by Gasteiger charge is -2.25. The van der Waals surface area contributed by atoms with Gasteiger partial charge in [0.1, 0.15) is 5.69 Å². The molecule has 1 saturated carbocycles. The monoisotopic (exact) mass is 280 g/mol. The van der Waals surface area contributed by atoms with Crippen molar-refractivity contribution >= 4 is 17.6 Å². The second-order valence-corrected chi connectivity index (χ2v) is 6.44. The Bertz CT molecular complexity index is 478. The lowest BCUT2D eigenvalue weighted by molar-refractivity contribution is 0.318. The number of nitrogens with two attached hydrogens (primary N) is 1. The minimum Gasteiger partial charge on any atom is -0.409 e. The minimum atomic E-state index is 0.0318. The number of aryl methyl sites for hydroxylation is 1. The predicted molar refractivity (Wildman–Crippen MR) is 76.6 cm³/mol. The maximum atomic E-state index is 8.72. The van der Waals surface area contributed by atoms with E-state index >= 15 is 0 Å². The average Bonchev–Trinajstić information content (AvgIpc) is 2.37. The summed E-state index contributed by atoms with van der Waals surface area (Å²) >= 11 is 1.71. The molecule has 0 amide bonds. The SMILES string of the molecule is Cc1cc(/C(N)=N/O)nc(SC2CCCC(C)C2)n1. The number of hydrogen-bond donors (Lipinski definition) is 2. The molecule has 1 aliphatic carbocycles. The summed E-state index contributed by atoms with van der Waals surface area (Å²) in [5.74, 6) is 0.809. The van der Waals surface area contributed by atoms with Crippen LogP contribution in [-0.2, 0) is 0 Å². The zero-order chi connectivity index (χ0) is 13.8. The second-order valence-electron chi connectivity index (χ2n) is 5.17. The fourth-order valence-electron chi connectivity index (χ4n) is 2.41. The Hall–Kier alpha value is -1.30. The summed E-state index contributed by atoms with van der Waals surface area (Å²) in [6, 6.07) is 1.72. The van der Waals surface area contributed by atoms with E-state index < -0.39 is 0 Å². The van der Waals surface area contributed by atoms with Crippen molar-refractivity contribution < 1.29 is 5.21 Å². The highest BCUT2D eigenvalue weighted by Gasteiger charge is 2.21. The Morgan fingerprint density at radius 3 is 2.95 bits per heavy atom. The molecule has 5 nitrogen and oxygen atoms in total. The van der Waals surface area contributed by atoms with Gasteiger partial charge >= 0.3 is 0 Å². The molecule has 0 aromatic carbocycles. The van der Waals surface area contributed by atoms with Crippen LogP contribution in [0.3, 0.4) is 0 Å². The summed E-state index contributed by atoms with van der Waals surface area (Å²) in [6.45, 7) is 4.19. The third-order valence-corrected chi connectivity index (χ3v) is 4.52. The van der Waals surface area contributed by atoms with Crippen LogP contribution in [0.2, 0.25) is 0 Å². The number of aromatic nitrogens is 2. The Labute approximate surface area is 117 Å². The number of hydrogen-bond acceptors (Lipinski definition) is 5. The largest absolute Gasteiger partial charge is 0.409 e. The first-order valence-electron chi connectivity index (χ1n) is 6.58. The molecule has 1 fully saturated rings. The van der Waals surface area contributed by atoms with Crippen molar-refractivity contribution in [2.45, 2.75) is 49.9 Å². The Morgan fingerprint density at radius 1 is 1.47 bits per heavy atom. The van der Waals surface area contributed by atoms with Gasteiger partial charge in [0, 0.05) is 10.9 Å². The first kappa shape index (κ1) is 14.1. The van der Waals surface area contributed by atoms with Gasteiger partial charge in [-0.2, -0.15) is 0 Å². The Kier molecular flexibility index (Phi) is 4.63. The van der Waals surface area contributed by atoms with Gasteiger partial charge in [-0.3, -0.25) is 0 Å². The molecule has 0 radical (unpaired) electrons. The van der Waals surface area contributed by atoms with E-state index in [1.54, 1.807) is 17.8 Å². The zero-order valence-corrected chi connectivity index (χ0v) is 12.2. The van der Waals surface area contributed by atoms with Gasteiger partial charge in [-0.1, -0.05) is 36.7 Å². The first-order chi connectivity index (χ1) is 9.08. The molecular formula is C13H20N4OS. The zero-order valence-electron chi connectivity index (χ0n) is 11.3. The van der Waals surface area contributed by atoms with Crippen LogP contribution in [0, 0.1) is 12.8 Å². The number of oxime groups is 1. The third-order valence-electron chi connectivity index (χ3n) is 3.36. The summed E-state index contributed by atoms with van der Waals surface area (Å²) in [5.41, 5.74) is 6.91. The van der Waals surface area contributed by atoms with Crippen LogP contribution in [0.15, 0.2) is 16.4 Å². The molecule has 0 aliphatic heterocycles. The summed E-state index contributed by atoms with van der Waals surface area (Å²) < 4.78 is 0. The molecule has 2 atom stereocenters. The molecule has 0 bridgehead atoms. The highest BCUT2D eigenvalue weighted by molar-refractivity contribution is 7.99. The smallest absolute Gasteiger partial charge is 0.188 e. The topological polar surface area (TPSA) is 84.4 Å². The number of amidine groups is 1. The molecule has 0 spiro atoms. The molecule has 1 heterocycles. The molecule has 1 aromatic heterocycles. The molecule has 6 heteroatoms. The number of thioether (sulfide) groups is 1. The van der Waals surface area contributed by atoms with Crippen molar-refractivity contribution in [1.82, 2.24) is 9.97 Å². The average molecular weight is 280 g/mol. The van der Waals surface area contributed by atoms with Gasteiger partial charge in [-0.15, -0.1) is 0 Å². The van der Waals surface area contributed by atoms with Gasteiger partial charge in [0.05, 0.1) is 0 Å². The van der Waals surface area contributed by atoms with Gasteiger partial charge in [0.2, 0.25) is 0 Å². The van der Waals surface area contributed by atoms with E-state index in [2.05, 4.69) is 22.0 Å². The molecule has 19 heavy (non-hydrogen) atoms. The number of nitrogens with zero attached hydrogens (tertiary/aromatic N) is 3. The van der Waals surface area contributed by atoms with Gasteiger partial charge in [0.15, 0.2) is 11.0 Å². The maximum Gasteiger partial charge on any atom is 0.188 e. The van der Waals surface area contributed by atoms with Crippen LogP contribution in [0.4, 0.5) is 0 Å². The third kappa shape index (κ3) is 3.83. The van der Waals surface area contributed by atoms with Gasteiger partial charge in [-0.05, 0) is 31.7 Å². The van der Waals surface area contributed by atoms with Crippen LogP contribution in [-0.4, -0.2) is 26.3 Å². The molecule has 2 unspecified atom stereocenters. The summed E-state index contributed by atoms with van der Waals surface area (Å²) in [5, 5.41) is 13.0. The van der Waals surface area contributed by atoms with E-state index in [4.69, 9.17) is 10.9 Å². The second kappa shape index (κ2) is 6.23. The first-order valence-corrected chi connectivity index (χ1v) is 7.46. The quantitative estimate of drug-likeness (QED) is 0.292. The van der Waals surface area contributed by atoms with Crippen molar-refractivity contribution in [2.75, 3.05) is 0 Å². The van der Waals surface area contributed by atoms with Crippen LogP contribution in [0.1, 0.15) is 44.0 Å². The van der Waals surface area contributed by atoms with Gasteiger partial charge < -0.3 is 10.9 Å². The maximum absolute atomic E-state index is 8.72. The molecule has 0 saturated heterocycles. The highest BCUT2D eigenvalue weighted by Crippen LogP contribution is 2.34. The summed E-state index contributed by atoms with van der Waals surface area (Å²) in [7, 11) is 0. The molecule has 2 rings (SSSR count). The molecule has 104 valence electrons. The standard InChI is InChI=1S/C13H20N4OS/c1-8-4-3-5-10(6-8)19-13-15-9(2)7-11(16-13)12(14)17-18/h7-8,10,18H,3-6H2,1-2H3,(H2,14,17). The van der Waals surface area contributed by atoms with E-state index in [1.807, 2.05) is 6.92 Å². The van der Waals surface area contributed by atoms with Crippen LogP contribution >= 0.6 is 11.8 Å². The molecular weight excluding hydrogens is 260 g/mol. The van der Waals surface area contributed by atoms with Gasteiger partial charge in [-0.25, -0.2) is 9.97 Å². The van der Waals surface area contributed by atoms with E-state index in [-0.39, 0.29) is 5.84 Å². The lowest BCUT2D eigenvalue weighted by Crippen LogP contribution is -2.18.